The lowest BCUT2D eigenvalue weighted by Crippen LogP contribution is -1.91. The molecule has 0 nitrogen and oxygen atoms in total. The second-order valence-corrected chi connectivity index (χ2v) is 15.3. The maximum Gasteiger partial charge on any atom is 0.0441 e. The van der Waals surface area contributed by atoms with Crippen LogP contribution in [-0.2, 0) is 0 Å². The van der Waals surface area contributed by atoms with E-state index < -0.39 is 0 Å². The van der Waals surface area contributed by atoms with Crippen molar-refractivity contribution < 1.29 is 0 Å². The van der Waals surface area contributed by atoms with Gasteiger partial charge in [0.15, 0.2) is 0 Å². The van der Waals surface area contributed by atoms with E-state index in [-0.39, 0.29) is 0 Å². The van der Waals surface area contributed by atoms with E-state index in [1.165, 1.54) is 106 Å². The summed E-state index contributed by atoms with van der Waals surface area (Å²) in [6.45, 7) is 0. The smallest absolute Gasteiger partial charge is 0.0441 e. The van der Waals surface area contributed by atoms with Gasteiger partial charge in [-0.2, -0.15) is 0 Å². The van der Waals surface area contributed by atoms with Gasteiger partial charge in [0, 0.05) is 45.9 Å². The number of hydrogen-bond acceptors (Lipinski definition) is 2. The number of thiophene rings is 2. The van der Waals surface area contributed by atoms with Gasteiger partial charge in [-0.05, 0) is 90.5 Å². The lowest BCUT2D eigenvalue weighted by atomic mass is 9.85. The first-order valence-corrected chi connectivity index (χ1v) is 18.7. The molecular formula is C48H28S2. The van der Waals surface area contributed by atoms with Crippen LogP contribution in [0.15, 0.2) is 170 Å². The van der Waals surface area contributed by atoms with Gasteiger partial charge in [-0.25, -0.2) is 0 Å². The zero-order valence-electron chi connectivity index (χ0n) is 27.0. The molecule has 11 aromatic rings. The zero-order valence-corrected chi connectivity index (χ0v) is 28.6. The van der Waals surface area contributed by atoms with Gasteiger partial charge in [0.25, 0.3) is 0 Å². The summed E-state index contributed by atoms with van der Waals surface area (Å²) in [7, 11) is 0. The number of benzene rings is 9. The predicted molar refractivity (Wildman–Crippen MR) is 221 cm³/mol. The van der Waals surface area contributed by atoms with Crippen LogP contribution < -0.4 is 0 Å². The van der Waals surface area contributed by atoms with E-state index in [9.17, 15) is 0 Å². The molecule has 232 valence electrons. The van der Waals surface area contributed by atoms with Crippen LogP contribution in [0.4, 0.5) is 0 Å². The summed E-state index contributed by atoms with van der Waals surface area (Å²) in [5, 5.41) is 13.1. The SMILES string of the molecule is c1cc(-c2c3ccccc3c(-c3ccc4ccccc4c3)c3ccccc23)cc(-c2cc3sc4ccccc4c3c3c2sc2ccccc23)c1. The monoisotopic (exact) mass is 668 g/mol. The van der Waals surface area contributed by atoms with Crippen molar-refractivity contribution in [3.8, 4) is 33.4 Å². The fourth-order valence-electron chi connectivity index (χ4n) is 8.26. The Hall–Kier alpha value is -5.80. The van der Waals surface area contributed by atoms with Gasteiger partial charge < -0.3 is 0 Å². The second kappa shape index (κ2) is 10.9. The topological polar surface area (TPSA) is 0 Å². The van der Waals surface area contributed by atoms with Crippen molar-refractivity contribution in [2.75, 3.05) is 0 Å². The molecule has 0 atom stereocenters. The number of hydrogen-bond donors (Lipinski definition) is 0. The zero-order chi connectivity index (χ0) is 32.8. The Morgan fingerprint density at radius 3 is 1.50 bits per heavy atom. The quantitative estimate of drug-likeness (QED) is 0.164. The summed E-state index contributed by atoms with van der Waals surface area (Å²) in [4.78, 5) is 0. The van der Waals surface area contributed by atoms with Crippen molar-refractivity contribution in [1.82, 2.24) is 0 Å². The fraction of sp³-hybridized carbons (Fsp3) is 0. The number of rotatable bonds is 3. The molecule has 0 aliphatic rings. The normalized spacial score (nSPS) is 12.0. The van der Waals surface area contributed by atoms with Crippen molar-refractivity contribution in [3.05, 3.63) is 170 Å². The average molecular weight is 669 g/mol. The Morgan fingerprint density at radius 1 is 0.300 bits per heavy atom. The molecule has 2 heteroatoms. The van der Waals surface area contributed by atoms with Crippen molar-refractivity contribution in [3.63, 3.8) is 0 Å². The Morgan fingerprint density at radius 2 is 0.820 bits per heavy atom. The lowest BCUT2D eigenvalue weighted by Gasteiger charge is -2.18. The summed E-state index contributed by atoms with van der Waals surface area (Å²) in [6.07, 6.45) is 0. The minimum Gasteiger partial charge on any atom is -0.135 e. The lowest BCUT2D eigenvalue weighted by molar-refractivity contribution is 1.65. The molecule has 0 saturated carbocycles. The summed E-state index contributed by atoms with van der Waals surface area (Å²) < 4.78 is 5.39. The van der Waals surface area contributed by atoms with Gasteiger partial charge in [0.2, 0.25) is 0 Å². The van der Waals surface area contributed by atoms with Crippen molar-refractivity contribution in [2.24, 2.45) is 0 Å². The van der Waals surface area contributed by atoms with Gasteiger partial charge in [0.1, 0.15) is 0 Å². The summed E-state index contributed by atoms with van der Waals surface area (Å²) in [5.74, 6) is 0. The van der Waals surface area contributed by atoms with Crippen molar-refractivity contribution in [2.45, 2.75) is 0 Å². The molecule has 0 aliphatic carbocycles. The molecule has 0 radical (unpaired) electrons. The molecule has 0 N–H and O–H groups in total. The molecule has 2 aromatic heterocycles. The largest absolute Gasteiger partial charge is 0.135 e. The van der Waals surface area contributed by atoms with Gasteiger partial charge in [-0.15, -0.1) is 22.7 Å². The van der Waals surface area contributed by atoms with Crippen LogP contribution in [0.5, 0.6) is 0 Å². The van der Waals surface area contributed by atoms with Crippen LogP contribution in [0.2, 0.25) is 0 Å². The molecule has 0 fully saturated rings. The first-order valence-electron chi connectivity index (χ1n) is 17.1. The highest BCUT2D eigenvalue weighted by molar-refractivity contribution is 7.28. The standard InChI is InChI=1S/C48H28S2/c1-2-13-30-26-33(25-24-29(30)12-1)45-36-18-5-3-16-34(36)44(35-17-4-6-19-37(35)45)32-15-11-14-31(27-32)40-28-43-46(38-20-7-9-22-41(38)49-43)47-39-21-8-10-23-42(39)50-48(40)47/h1-28H. The maximum absolute atomic E-state index is 2.45. The molecule has 2 heterocycles. The van der Waals surface area contributed by atoms with E-state index in [1.807, 2.05) is 22.7 Å². The van der Waals surface area contributed by atoms with Crippen LogP contribution >= 0.6 is 22.7 Å². The first-order chi connectivity index (χ1) is 24.8. The molecule has 9 aromatic carbocycles. The second-order valence-electron chi connectivity index (χ2n) is 13.2. The van der Waals surface area contributed by atoms with Crippen LogP contribution in [0.25, 0.3) is 106 Å². The molecule has 0 unspecified atom stereocenters. The molecule has 0 aliphatic heterocycles. The van der Waals surface area contributed by atoms with Crippen LogP contribution in [0.3, 0.4) is 0 Å². The van der Waals surface area contributed by atoms with E-state index in [2.05, 4.69) is 170 Å². The third kappa shape index (κ3) is 4.10. The average Bonchev–Trinajstić information content (AvgIpc) is 3.75. The minimum atomic E-state index is 1.24. The fourth-order valence-corrected chi connectivity index (χ4v) is 10.7. The molecule has 0 bridgehead atoms. The van der Waals surface area contributed by atoms with E-state index >= 15 is 0 Å². The highest BCUT2D eigenvalue weighted by Crippen LogP contribution is 2.50. The summed E-state index contributed by atoms with van der Waals surface area (Å²) in [5.41, 5.74) is 7.64. The van der Waals surface area contributed by atoms with Gasteiger partial charge in [0.05, 0.1) is 0 Å². The van der Waals surface area contributed by atoms with Crippen LogP contribution in [0.1, 0.15) is 0 Å². The Kier molecular flexibility index (Phi) is 6.09. The van der Waals surface area contributed by atoms with Crippen molar-refractivity contribution >= 4 is 95.3 Å². The Balaban J connectivity index is 1.19. The molecule has 50 heavy (non-hydrogen) atoms. The van der Waals surface area contributed by atoms with E-state index in [0.717, 1.165) is 0 Å². The summed E-state index contributed by atoms with van der Waals surface area (Å²) >= 11 is 3.83. The Labute approximate surface area is 297 Å². The van der Waals surface area contributed by atoms with Gasteiger partial charge in [-0.3, -0.25) is 0 Å². The van der Waals surface area contributed by atoms with E-state index in [0.29, 0.717) is 0 Å². The van der Waals surface area contributed by atoms with Crippen LogP contribution in [0, 0.1) is 0 Å². The third-order valence-electron chi connectivity index (χ3n) is 10.4. The van der Waals surface area contributed by atoms with Crippen LogP contribution in [-0.4, -0.2) is 0 Å². The molecule has 0 saturated heterocycles. The maximum atomic E-state index is 2.45. The third-order valence-corrected chi connectivity index (χ3v) is 12.7. The summed E-state index contributed by atoms with van der Waals surface area (Å²) in [6, 6.07) is 63.0. The number of fused-ring (bicyclic) bond motifs is 10. The van der Waals surface area contributed by atoms with Gasteiger partial charge >= 0.3 is 0 Å². The first kappa shape index (κ1) is 28.1. The molecule has 0 spiro atoms. The highest BCUT2D eigenvalue weighted by Gasteiger charge is 2.20. The van der Waals surface area contributed by atoms with E-state index in [4.69, 9.17) is 0 Å². The Bertz CT molecular complexity index is 3100. The molecule has 11 rings (SSSR count). The highest BCUT2D eigenvalue weighted by atomic mass is 32.1. The van der Waals surface area contributed by atoms with Crippen molar-refractivity contribution in [1.29, 1.82) is 0 Å². The van der Waals surface area contributed by atoms with E-state index in [1.54, 1.807) is 0 Å². The van der Waals surface area contributed by atoms with Gasteiger partial charge in [-0.1, -0.05) is 140 Å². The minimum absolute atomic E-state index is 1.24. The molecule has 0 amide bonds. The predicted octanol–water partition coefficient (Wildman–Crippen LogP) is 14.9. The molecular weight excluding hydrogens is 641 g/mol.